The number of amides is 2. The van der Waals surface area contributed by atoms with Gasteiger partial charge in [0.15, 0.2) is 0 Å². The Bertz CT molecular complexity index is 844. The Kier molecular flexibility index (Phi) is 6.06. The van der Waals surface area contributed by atoms with E-state index < -0.39 is 23.8 Å². The average Bonchev–Trinajstić information content (AvgIpc) is 2.96. The van der Waals surface area contributed by atoms with Gasteiger partial charge in [-0.1, -0.05) is 24.3 Å². The number of rotatable bonds is 8. The maximum Gasteiger partial charge on any atom is 0.329 e. The number of fused-ring (bicyclic) bond motifs is 1. The molecule has 7 heteroatoms. The van der Waals surface area contributed by atoms with Gasteiger partial charge in [-0.15, -0.1) is 0 Å². The van der Waals surface area contributed by atoms with Gasteiger partial charge in [-0.25, -0.2) is 4.79 Å². The van der Waals surface area contributed by atoms with E-state index in [1.807, 2.05) is 24.3 Å². The first-order chi connectivity index (χ1) is 13.6. The van der Waals surface area contributed by atoms with Gasteiger partial charge in [0, 0.05) is 18.7 Å². The highest BCUT2D eigenvalue weighted by Crippen LogP contribution is 2.26. The third-order valence-corrected chi connectivity index (χ3v) is 4.52. The SMILES string of the molecule is CCOC(=O)[C@H](Cc1ccc(NCCO)cc1)N1C(=O)c2ccccc2C1=O. The number of anilines is 1. The van der Waals surface area contributed by atoms with Crippen LogP contribution < -0.4 is 5.32 Å². The Morgan fingerprint density at radius 2 is 1.68 bits per heavy atom. The number of esters is 1. The van der Waals surface area contributed by atoms with Gasteiger partial charge < -0.3 is 15.2 Å². The minimum atomic E-state index is -1.04. The molecule has 2 N–H and O–H groups in total. The van der Waals surface area contributed by atoms with Crippen molar-refractivity contribution in [2.45, 2.75) is 19.4 Å². The highest BCUT2D eigenvalue weighted by atomic mass is 16.5. The standard InChI is InChI=1S/C21H22N2O5/c1-2-28-21(27)18(13-14-7-9-15(10-8-14)22-11-12-24)23-19(25)16-5-3-4-6-17(16)20(23)26/h3-10,18,22,24H,2,11-13H2,1H3/t18-/m0/s1. The zero-order chi connectivity index (χ0) is 20.1. The van der Waals surface area contributed by atoms with E-state index in [2.05, 4.69) is 5.32 Å². The molecule has 0 aliphatic carbocycles. The molecule has 146 valence electrons. The molecule has 1 aliphatic rings. The summed E-state index contributed by atoms with van der Waals surface area (Å²) in [4.78, 5) is 39.1. The zero-order valence-corrected chi connectivity index (χ0v) is 15.6. The fourth-order valence-corrected chi connectivity index (χ4v) is 3.19. The van der Waals surface area contributed by atoms with Crippen LogP contribution in [0.25, 0.3) is 0 Å². The molecule has 0 fully saturated rings. The molecule has 0 saturated carbocycles. The van der Waals surface area contributed by atoms with Crippen molar-refractivity contribution < 1.29 is 24.2 Å². The van der Waals surface area contributed by atoms with Gasteiger partial charge in [0.25, 0.3) is 11.8 Å². The normalized spacial score (nSPS) is 14.0. The van der Waals surface area contributed by atoms with Crippen LogP contribution in [0.1, 0.15) is 33.2 Å². The van der Waals surface area contributed by atoms with E-state index >= 15 is 0 Å². The second-order valence-corrected chi connectivity index (χ2v) is 6.35. The number of aliphatic hydroxyl groups excluding tert-OH is 1. The van der Waals surface area contributed by atoms with Crippen LogP contribution >= 0.6 is 0 Å². The zero-order valence-electron chi connectivity index (χ0n) is 15.6. The number of carbonyl (C=O) groups excluding carboxylic acids is 3. The van der Waals surface area contributed by atoms with Crippen molar-refractivity contribution in [1.82, 2.24) is 4.90 Å². The highest BCUT2D eigenvalue weighted by Gasteiger charge is 2.43. The molecule has 2 amide bonds. The molecule has 0 spiro atoms. The molecular formula is C21H22N2O5. The van der Waals surface area contributed by atoms with Gasteiger partial charge in [0.2, 0.25) is 0 Å². The largest absolute Gasteiger partial charge is 0.464 e. The quantitative estimate of drug-likeness (QED) is 0.534. The fourth-order valence-electron chi connectivity index (χ4n) is 3.19. The Labute approximate surface area is 162 Å². The maximum absolute atomic E-state index is 12.8. The molecule has 0 unspecified atom stereocenters. The van der Waals surface area contributed by atoms with Crippen molar-refractivity contribution in [2.75, 3.05) is 25.1 Å². The van der Waals surface area contributed by atoms with Crippen LogP contribution in [0.5, 0.6) is 0 Å². The lowest BCUT2D eigenvalue weighted by Crippen LogP contribution is -2.47. The van der Waals surface area contributed by atoms with Crippen LogP contribution in [0.2, 0.25) is 0 Å². The van der Waals surface area contributed by atoms with Crippen molar-refractivity contribution in [3.63, 3.8) is 0 Å². The Morgan fingerprint density at radius 3 is 2.21 bits per heavy atom. The number of nitrogens with one attached hydrogen (secondary N) is 1. The van der Waals surface area contributed by atoms with E-state index in [1.165, 1.54) is 0 Å². The maximum atomic E-state index is 12.8. The smallest absolute Gasteiger partial charge is 0.329 e. The molecule has 0 saturated heterocycles. The van der Waals surface area contributed by atoms with Crippen molar-refractivity contribution >= 4 is 23.5 Å². The lowest BCUT2D eigenvalue weighted by Gasteiger charge is -2.24. The van der Waals surface area contributed by atoms with Crippen molar-refractivity contribution in [3.05, 3.63) is 65.2 Å². The van der Waals surface area contributed by atoms with Crippen LogP contribution in [-0.4, -0.2) is 53.6 Å². The topological polar surface area (TPSA) is 95.9 Å². The van der Waals surface area contributed by atoms with Gasteiger partial charge in [-0.2, -0.15) is 0 Å². The van der Waals surface area contributed by atoms with E-state index in [-0.39, 0.29) is 19.6 Å². The predicted octanol–water partition coefficient (Wildman–Crippen LogP) is 1.86. The fraction of sp³-hybridized carbons (Fsp3) is 0.286. The van der Waals surface area contributed by atoms with E-state index in [0.717, 1.165) is 16.2 Å². The third kappa shape index (κ3) is 3.89. The molecule has 1 aliphatic heterocycles. The second-order valence-electron chi connectivity index (χ2n) is 6.35. The summed E-state index contributed by atoms with van der Waals surface area (Å²) in [6.07, 6.45) is 0.157. The van der Waals surface area contributed by atoms with Gasteiger partial charge in [-0.05, 0) is 36.8 Å². The number of hydrogen-bond donors (Lipinski definition) is 2. The second kappa shape index (κ2) is 8.67. The first-order valence-corrected chi connectivity index (χ1v) is 9.14. The van der Waals surface area contributed by atoms with Crippen LogP contribution in [-0.2, 0) is 16.0 Å². The van der Waals surface area contributed by atoms with E-state index in [1.54, 1.807) is 31.2 Å². The Balaban J connectivity index is 1.85. The van der Waals surface area contributed by atoms with Gasteiger partial charge in [0.1, 0.15) is 6.04 Å². The molecule has 2 aromatic carbocycles. The summed E-state index contributed by atoms with van der Waals surface area (Å²) in [7, 11) is 0. The van der Waals surface area contributed by atoms with Gasteiger partial charge in [-0.3, -0.25) is 14.5 Å². The summed E-state index contributed by atoms with van der Waals surface area (Å²) in [5.74, 6) is -1.58. The molecule has 0 aromatic heterocycles. The summed E-state index contributed by atoms with van der Waals surface area (Å²) in [5, 5.41) is 11.9. The molecule has 1 heterocycles. The summed E-state index contributed by atoms with van der Waals surface area (Å²) in [5.41, 5.74) is 2.20. The van der Waals surface area contributed by atoms with Crippen LogP contribution in [0.15, 0.2) is 48.5 Å². The average molecular weight is 382 g/mol. The number of hydrogen-bond acceptors (Lipinski definition) is 6. The number of ether oxygens (including phenoxy) is 1. The number of nitrogens with zero attached hydrogens (tertiary/aromatic N) is 1. The van der Waals surface area contributed by atoms with Crippen molar-refractivity contribution in [2.24, 2.45) is 0 Å². The lowest BCUT2D eigenvalue weighted by atomic mass is 10.0. The lowest BCUT2D eigenvalue weighted by molar-refractivity contribution is -0.147. The number of aliphatic hydroxyl groups is 1. The first kappa shape index (κ1) is 19.6. The van der Waals surface area contributed by atoms with E-state index in [9.17, 15) is 14.4 Å². The van der Waals surface area contributed by atoms with Crippen LogP contribution in [0.4, 0.5) is 5.69 Å². The summed E-state index contributed by atoms with van der Waals surface area (Å²) in [6.45, 7) is 2.29. The predicted molar refractivity (Wildman–Crippen MR) is 103 cm³/mol. The molecule has 1 atom stereocenters. The number of benzene rings is 2. The molecule has 7 nitrogen and oxygen atoms in total. The van der Waals surface area contributed by atoms with Crippen molar-refractivity contribution in [3.8, 4) is 0 Å². The molecule has 0 bridgehead atoms. The van der Waals surface area contributed by atoms with Crippen LogP contribution in [0.3, 0.4) is 0 Å². The van der Waals surface area contributed by atoms with Crippen molar-refractivity contribution in [1.29, 1.82) is 0 Å². The summed E-state index contributed by atoms with van der Waals surface area (Å²) >= 11 is 0. The highest BCUT2D eigenvalue weighted by molar-refractivity contribution is 6.22. The van der Waals surface area contributed by atoms with Gasteiger partial charge >= 0.3 is 5.97 Å². The Hall–Kier alpha value is -3.19. The van der Waals surface area contributed by atoms with Gasteiger partial charge in [0.05, 0.1) is 24.3 Å². The molecule has 2 aromatic rings. The summed E-state index contributed by atoms with van der Waals surface area (Å²) < 4.78 is 5.14. The number of carbonyl (C=O) groups is 3. The first-order valence-electron chi connectivity index (χ1n) is 9.14. The van der Waals surface area contributed by atoms with Crippen LogP contribution in [0, 0.1) is 0 Å². The third-order valence-electron chi connectivity index (χ3n) is 4.52. The molecule has 0 radical (unpaired) electrons. The minimum absolute atomic E-state index is 0.0203. The monoisotopic (exact) mass is 382 g/mol. The molecule has 28 heavy (non-hydrogen) atoms. The van der Waals surface area contributed by atoms with E-state index in [4.69, 9.17) is 9.84 Å². The Morgan fingerprint density at radius 1 is 1.07 bits per heavy atom. The van der Waals surface area contributed by atoms with E-state index in [0.29, 0.717) is 17.7 Å². The molecule has 3 rings (SSSR count). The molecular weight excluding hydrogens is 360 g/mol. The minimum Gasteiger partial charge on any atom is -0.464 e. The summed E-state index contributed by atoms with van der Waals surface area (Å²) in [6, 6.07) is 12.7. The number of imide groups is 1.